The normalized spacial score (nSPS) is 28.3. The van der Waals surface area contributed by atoms with Gasteiger partial charge in [-0.15, -0.1) is 0 Å². The summed E-state index contributed by atoms with van der Waals surface area (Å²) in [5.74, 6) is -0.294. The first-order valence-corrected chi connectivity index (χ1v) is 7.97. The Morgan fingerprint density at radius 3 is 3.18 bits per heavy atom. The van der Waals surface area contributed by atoms with E-state index in [9.17, 15) is 9.90 Å². The molecular weight excluding hydrogens is 278 g/mol. The lowest BCUT2D eigenvalue weighted by molar-refractivity contribution is -0.149. The average molecular weight is 299 g/mol. The fraction of sp³-hybridized carbons (Fsp3) is 0.529. The van der Waals surface area contributed by atoms with E-state index in [4.69, 9.17) is 0 Å². The highest BCUT2D eigenvalue weighted by Gasteiger charge is 2.54. The number of imidazole rings is 1. The Hall–Kier alpha value is -1.88. The van der Waals surface area contributed by atoms with Crippen LogP contribution in [0, 0.1) is 18.3 Å². The topological polar surface area (TPSA) is 57.8 Å². The highest BCUT2D eigenvalue weighted by Crippen LogP contribution is 2.49. The molecule has 1 aliphatic carbocycles. The minimum absolute atomic E-state index is 0.312. The maximum absolute atomic E-state index is 11.8. The van der Waals surface area contributed by atoms with Crippen LogP contribution < -0.4 is 0 Å². The summed E-state index contributed by atoms with van der Waals surface area (Å²) in [7, 11) is 0. The van der Waals surface area contributed by atoms with E-state index in [-0.39, 0.29) is 0 Å². The number of pyridine rings is 1. The van der Waals surface area contributed by atoms with Gasteiger partial charge in [0.15, 0.2) is 0 Å². The molecular formula is C17H21N3O2. The number of aromatic nitrogens is 2. The van der Waals surface area contributed by atoms with Crippen molar-refractivity contribution in [3.63, 3.8) is 0 Å². The Labute approximate surface area is 129 Å². The van der Waals surface area contributed by atoms with Gasteiger partial charge in [-0.2, -0.15) is 0 Å². The van der Waals surface area contributed by atoms with E-state index in [0.29, 0.717) is 12.5 Å². The summed E-state index contributed by atoms with van der Waals surface area (Å²) < 4.78 is 2.11. The van der Waals surface area contributed by atoms with Gasteiger partial charge in [-0.05, 0) is 43.4 Å². The Bertz CT molecular complexity index is 739. The molecule has 0 radical (unpaired) electrons. The zero-order chi connectivity index (χ0) is 15.3. The average Bonchev–Trinajstić information content (AvgIpc) is 3.11. The number of fused-ring (bicyclic) bond motifs is 2. The molecule has 3 heterocycles. The van der Waals surface area contributed by atoms with Crippen LogP contribution in [-0.2, 0) is 11.3 Å². The minimum atomic E-state index is -0.605. The summed E-state index contributed by atoms with van der Waals surface area (Å²) in [6.07, 6.45) is 6.90. The zero-order valence-electron chi connectivity index (χ0n) is 12.8. The Balaban J connectivity index is 1.58. The van der Waals surface area contributed by atoms with Crippen LogP contribution in [0.4, 0.5) is 0 Å². The van der Waals surface area contributed by atoms with E-state index >= 15 is 0 Å². The van der Waals surface area contributed by atoms with Gasteiger partial charge in [0.05, 0.1) is 17.3 Å². The molecule has 0 aromatic carbocycles. The third-order valence-electron chi connectivity index (χ3n) is 5.50. The highest BCUT2D eigenvalue weighted by molar-refractivity contribution is 5.76. The standard InChI is InChI=1S/C17H21N3O2/c1-12-4-6-20-14(8-18-15(20)7-12)10-19-9-13-3-2-5-17(13,11-19)16(21)22/h4,6-8,13H,2-3,5,9-11H2,1H3,(H,21,22)/t13-,17+/m0/s1. The van der Waals surface area contributed by atoms with Crippen molar-refractivity contribution in [2.75, 3.05) is 13.1 Å². The number of carboxylic acid groups (broad SMARTS) is 1. The first-order chi connectivity index (χ1) is 10.6. The number of carboxylic acids is 1. The number of nitrogens with zero attached hydrogens (tertiary/aromatic N) is 3. The van der Waals surface area contributed by atoms with Crippen LogP contribution in [-0.4, -0.2) is 38.4 Å². The molecule has 5 nitrogen and oxygen atoms in total. The molecule has 0 unspecified atom stereocenters. The number of aliphatic carboxylic acids is 1. The zero-order valence-corrected chi connectivity index (χ0v) is 12.8. The van der Waals surface area contributed by atoms with Gasteiger partial charge >= 0.3 is 5.97 Å². The molecule has 1 saturated heterocycles. The summed E-state index contributed by atoms with van der Waals surface area (Å²) in [5.41, 5.74) is 2.79. The second-order valence-electron chi connectivity index (χ2n) is 6.90. The van der Waals surface area contributed by atoms with Crippen LogP contribution in [0.1, 0.15) is 30.5 Å². The lowest BCUT2D eigenvalue weighted by Gasteiger charge is -2.23. The molecule has 1 aliphatic heterocycles. The number of carbonyl (C=O) groups is 1. The maximum Gasteiger partial charge on any atom is 0.311 e. The third-order valence-corrected chi connectivity index (χ3v) is 5.50. The van der Waals surface area contributed by atoms with Crippen LogP contribution in [0.5, 0.6) is 0 Å². The number of rotatable bonds is 3. The molecule has 22 heavy (non-hydrogen) atoms. The van der Waals surface area contributed by atoms with E-state index in [1.54, 1.807) is 0 Å². The SMILES string of the molecule is Cc1ccn2c(CN3C[C@@H]4CCC[C@@]4(C(=O)O)C3)cnc2c1. The van der Waals surface area contributed by atoms with E-state index in [0.717, 1.165) is 43.7 Å². The van der Waals surface area contributed by atoms with E-state index < -0.39 is 11.4 Å². The van der Waals surface area contributed by atoms with Crippen molar-refractivity contribution in [1.82, 2.24) is 14.3 Å². The number of aryl methyl sites for hydroxylation is 1. The summed E-state index contributed by atoms with van der Waals surface area (Å²) in [6, 6.07) is 4.15. The monoisotopic (exact) mass is 299 g/mol. The third kappa shape index (κ3) is 1.96. The predicted molar refractivity (Wildman–Crippen MR) is 82.6 cm³/mol. The quantitative estimate of drug-likeness (QED) is 0.945. The molecule has 1 saturated carbocycles. The molecule has 2 fully saturated rings. The summed E-state index contributed by atoms with van der Waals surface area (Å²) in [6.45, 7) is 4.40. The van der Waals surface area contributed by atoms with Gasteiger partial charge in [-0.1, -0.05) is 6.42 Å². The van der Waals surface area contributed by atoms with Gasteiger partial charge in [0.25, 0.3) is 0 Å². The second-order valence-corrected chi connectivity index (χ2v) is 6.90. The largest absolute Gasteiger partial charge is 0.481 e. The fourth-order valence-electron chi connectivity index (χ4n) is 4.34. The van der Waals surface area contributed by atoms with Crippen LogP contribution in [0.2, 0.25) is 0 Å². The maximum atomic E-state index is 11.8. The van der Waals surface area contributed by atoms with Crippen molar-refractivity contribution in [1.29, 1.82) is 0 Å². The first kappa shape index (κ1) is 13.8. The smallest absolute Gasteiger partial charge is 0.311 e. The van der Waals surface area contributed by atoms with Crippen molar-refractivity contribution >= 4 is 11.6 Å². The van der Waals surface area contributed by atoms with Crippen LogP contribution in [0.3, 0.4) is 0 Å². The van der Waals surface area contributed by atoms with Crippen LogP contribution in [0.15, 0.2) is 24.5 Å². The van der Waals surface area contributed by atoms with Gasteiger partial charge in [0, 0.05) is 25.8 Å². The highest BCUT2D eigenvalue weighted by atomic mass is 16.4. The van der Waals surface area contributed by atoms with Gasteiger partial charge in [0.2, 0.25) is 0 Å². The molecule has 5 heteroatoms. The molecule has 0 bridgehead atoms. The van der Waals surface area contributed by atoms with E-state index in [1.165, 1.54) is 5.56 Å². The van der Waals surface area contributed by atoms with Crippen molar-refractivity contribution in [2.24, 2.45) is 11.3 Å². The van der Waals surface area contributed by atoms with Crippen LogP contribution >= 0.6 is 0 Å². The Morgan fingerprint density at radius 2 is 2.41 bits per heavy atom. The molecule has 2 aromatic rings. The summed E-state index contributed by atoms with van der Waals surface area (Å²) in [4.78, 5) is 18.5. The molecule has 0 amide bonds. The predicted octanol–water partition coefficient (Wildman–Crippen LogP) is 2.33. The molecule has 2 atom stereocenters. The molecule has 1 N–H and O–H groups in total. The number of likely N-dealkylation sites (tertiary alicyclic amines) is 1. The van der Waals surface area contributed by atoms with E-state index in [1.807, 2.05) is 6.20 Å². The van der Waals surface area contributed by atoms with Crippen molar-refractivity contribution in [3.8, 4) is 0 Å². The summed E-state index contributed by atoms with van der Waals surface area (Å²) in [5, 5.41) is 9.68. The van der Waals surface area contributed by atoms with Gasteiger partial charge in [-0.25, -0.2) is 4.98 Å². The van der Waals surface area contributed by atoms with E-state index in [2.05, 4.69) is 39.5 Å². The van der Waals surface area contributed by atoms with Crippen molar-refractivity contribution in [3.05, 3.63) is 35.8 Å². The van der Waals surface area contributed by atoms with Gasteiger partial charge in [0.1, 0.15) is 5.65 Å². The number of hydrogen-bond donors (Lipinski definition) is 1. The lowest BCUT2D eigenvalue weighted by Crippen LogP contribution is -2.35. The minimum Gasteiger partial charge on any atom is -0.481 e. The van der Waals surface area contributed by atoms with Gasteiger partial charge < -0.3 is 9.51 Å². The van der Waals surface area contributed by atoms with Crippen LogP contribution in [0.25, 0.3) is 5.65 Å². The van der Waals surface area contributed by atoms with Crippen molar-refractivity contribution in [2.45, 2.75) is 32.7 Å². The summed E-state index contributed by atoms with van der Waals surface area (Å²) >= 11 is 0. The van der Waals surface area contributed by atoms with Crippen molar-refractivity contribution < 1.29 is 9.90 Å². The first-order valence-electron chi connectivity index (χ1n) is 7.97. The fourth-order valence-corrected chi connectivity index (χ4v) is 4.34. The second kappa shape index (κ2) is 4.81. The van der Waals surface area contributed by atoms with Gasteiger partial charge in [-0.3, -0.25) is 9.69 Å². The lowest BCUT2D eigenvalue weighted by atomic mass is 9.81. The molecule has 4 rings (SSSR count). The Morgan fingerprint density at radius 1 is 1.55 bits per heavy atom. The molecule has 0 spiro atoms. The molecule has 2 aliphatic rings. The Kier molecular flexibility index (Phi) is 3.01. The molecule has 116 valence electrons. The molecule has 2 aromatic heterocycles. The number of hydrogen-bond acceptors (Lipinski definition) is 3.